The molecule has 13 heteroatoms. The molecule has 2 aromatic heterocycles. The average Bonchev–Trinajstić information content (AvgIpc) is 3.52. The third-order valence-electron chi connectivity index (χ3n) is 6.18. The van der Waals surface area contributed by atoms with Crippen LogP contribution in [0.3, 0.4) is 0 Å². The fraction of sp³-hybridized carbons (Fsp3) is 0.448. The summed E-state index contributed by atoms with van der Waals surface area (Å²) in [6.45, 7) is 11.9. The summed E-state index contributed by atoms with van der Waals surface area (Å²) in [5.74, 6) is 0.472. The number of fused-ring (bicyclic) bond motifs is 2. The summed E-state index contributed by atoms with van der Waals surface area (Å²) in [7, 11) is 0. The number of morpholine rings is 1. The maximum absolute atomic E-state index is 13.2. The topological polar surface area (TPSA) is 120 Å². The van der Waals surface area contributed by atoms with Gasteiger partial charge in [-0.2, -0.15) is 18.4 Å². The minimum atomic E-state index is -4.00. The van der Waals surface area contributed by atoms with E-state index in [-0.39, 0.29) is 19.4 Å². The second-order valence-electron chi connectivity index (χ2n) is 10.3. The molecule has 9 nitrogen and oxygen atoms in total. The molecule has 4 heterocycles. The number of carbonyl (C=O) groups is 1. The van der Waals surface area contributed by atoms with Crippen LogP contribution >= 0.6 is 11.3 Å². The van der Waals surface area contributed by atoms with E-state index in [0.717, 1.165) is 21.7 Å². The Labute approximate surface area is 246 Å². The molecule has 1 saturated heterocycles. The van der Waals surface area contributed by atoms with Crippen molar-refractivity contribution in [1.82, 2.24) is 4.98 Å². The number of aliphatic hydroxyl groups excluding tert-OH is 1. The number of anilines is 2. The van der Waals surface area contributed by atoms with E-state index in [0.29, 0.717) is 61.1 Å². The Hall–Kier alpha value is -3.73. The maximum Gasteiger partial charge on any atom is 0.386 e. The van der Waals surface area contributed by atoms with Crippen molar-refractivity contribution in [2.24, 2.45) is 4.99 Å². The number of hydrogen-bond acceptors (Lipinski definition) is 9. The molecule has 1 unspecified atom stereocenters. The number of aliphatic hydroxyl groups is 1. The van der Waals surface area contributed by atoms with Crippen molar-refractivity contribution in [3.63, 3.8) is 0 Å². The van der Waals surface area contributed by atoms with Gasteiger partial charge in [-0.15, -0.1) is 11.3 Å². The number of nitrogens with zero attached hydrogens (tertiary/aromatic N) is 4. The molecular formula is C29H34F3N5O4S. The van der Waals surface area contributed by atoms with Gasteiger partial charge in [0.15, 0.2) is 0 Å². The lowest BCUT2D eigenvalue weighted by atomic mass is 9.99. The van der Waals surface area contributed by atoms with E-state index in [1.165, 1.54) is 17.5 Å². The summed E-state index contributed by atoms with van der Waals surface area (Å²) in [6.07, 6.45) is -1.96. The van der Waals surface area contributed by atoms with Gasteiger partial charge in [-0.3, -0.25) is 14.8 Å². The van der Waals surface area contributed by atoms with E-state index in [1.807, 2.05) is 32.9 Å². The number of hydrogen-bond donors (Lipinski definition) is 2. The highest BCUT2D eigenvalue weighted by Crippen LogP contribution is 2.42. The molecule has 0 aliphatic carbocycles. The summed E-state index contributed by atoms with van der Waals surface area (Å²) in [5, 5.41) is 23.7. The lowest BCUT2D eigenvalue weighted by Crippen LogP contribution is -2.36. The fourth-order valence-corrected chi connectivity index (χ4v) is 5.07. The van der Waals surface area contributed by atoms with Gasteiger partial charge < -0.3 is 24.8 Å². The SMILES string of the molecule is C=NC(C)C.CC(F)(F)F.CC1(CO)Cc2cc(NC(=O)c3csc4cc(C#N)cnc34)c(N3CCOCC3)cc2O1. The van der Waals surface area contributed by atoms with Gasteiger partial charge in [0.2, 0.25) is 0 Å². The highest BCUT2D eigenvalue weighted by Gasteiger charge is 2.36. The zero-order valence-corrected chi connectivity index (χ0v) is 24.7. The third kappa shape index (κ3) is 8.88. The van der Waals surface area contributed by atoms with Gasteiger partial charge in [-0.05, 0) is 39.6 Å². The first-order valence-electron chi connectivity index (χ1n) is 13.2. The van der Waals surface area contributed by atoms with Gasteiger partial charge in [-0.25, -0.2) is 0 Å². The van der Waals surface area contributed by atoms with Crippen molar-refractivity contribution < 1.29 is 32.5 Å². The quantitative estimate of drug-likeness (QED) is 0.363. The molecule has 226 valence electrons. The number of carbonyl (C=O) groups excluding carboxylic acids is 1. The third-order valence-corrected chi connectivity index (χ3v) is 7.10. The van der Waals surface area contributed by atoms with Crippen molar-refractivity contribution in [3.8, 4) is 11.8 Å². The zero-order valence-electron chi connectivity index (χ0n) is 23.9. The molecule has 3 aromatic rings. The molecule has 0 saturated carbocycles. The largest absolute Gasteiger partial charge is 0.484 e. The molecule has 0 spiro atoms. The minimum absolute atomic E-state index is 0.0898. The number of ether oxygens (including phenoxy) is 2. The van der Waals surface area contributed by atoms with E-state index >= 15 is 0 Å². The van der Waals surface area contributed by atoms with Crippen LogP contribution in [-0.4, -0.2) is 73.4 Å². The zero-order chi connectivity index (χ0) is 31.1. The molecule has 1 atom stereocenters. The van der Waals surface area contributed by atoms with E-state index < -0.39 is 11.8 Å². The van der Waals surface area contributed by atoms with Crippen LogP contribution in [0, 0.1) is 11.3 Å². The number of rotatable bonds is 5. The van der Waals surface area contributed by atoms with Crippen molar-refractivity contribution >= 4 is 45.6 Å². The van der Waals surface area contributed by atoms with Gasteiger partial charge in [-0.1, -0.05) is 0 Å². The van der Waals surface area contributed by atoms with Crippen molar-refractivity contribution in [2.45, 2.75) is 51.9 Å². The molecule has 42 heavy (non-hydrogen) atoms. The first-order chi connectivity index (χ1) is 19.8. The Morgan fingerprint density at radius 3 is 2.55 bits per heavy atom. The molecule has 1 fully saturated rings. The highest BCUT2D eigenvalue weighted by molar-refractivity contribution is 7.17. The van der Waals surface area contributed by atoms with Crippen molar-refractivity contribution in [3.05, 3.63) is 46.5 Å². The minimum Gasteiger partial charge on any atom is -0.484 e. The normalized spacial score (nSPS) is 17.7. The lowest BCUT2D eigenvalue weighted by Gasteiger charge is -2.31. The lowest BCUT2D eigenvalue weighted by molar-refractivity contribution is -0.110. The standard InChI is InChI=1S/C23H22N4O4S.C4H9N.C2H3F3/c1-23(13-28)9-15-7-17(18(8-19(15)31-23)27-2-4-30-5-3-27)26-22(29)16-12-32-20-6-14(10-24)11-25-21(16)20;1-4(2)5-3;1-2(3,4)5/h6-8,11-12,28H,2-5,9,13H2,1H3,(H,26,29);4H,3H2,1-2H3;1H3. The number of benzene rings is 1. The molecule has 2 aliphatic rings. The smallest absolute Gasteiger partial charge is 0.386 e. The van der Waals surface area contributed by atoms with Gasteiger partial charge in [0, 0.05) is 55.7 Å². The number of thiophene rings is 1. The molecule has 2 aliphatic heterocycles. The van der Waals surface area contributed by atoms with Crippen LogP contribution in [0.2, 0.25) is 0 Å². The second kappa shape index (κ2) is 14.0. The monoisotopic (exact) mass is 605 g/mol. The summed E-state index contributed by atoms with van der Waals surface area (Å²) < 4.78 is 43.4. The second-order valence-corrected chi connectivity index (χ2v) is 11.2. The summed E-state index contributed by atoms with van der Waals surface area (Å²) in [6, 6.07) is 8.10. The average molecular weight is 606 g/mol. The molecule has 1 aromatic carbocycles. The van der Waals surface area contributed by atoms with Gasteiger partial charge in [0.25, 0.3) is 5.91 Å². The van der Waals surface area contributed by atoms with Gasteiger partial charge in [0.1, 0.15) is 17.4 Å². The Morgan fingerprint density at radius 1 is 1.33 bits per heavy atom. The molecular weight excluding hydrogens is 571 g/mol. The number of aliphatic imine (C=N–C) groups is 1. The Balaban J connectivity index is 0.000000420. The number of nitriles is 1. The molecule has 0 radical (unpaired) electrons. The van der Waals surface area contributed by atoms with Crippen LogP contribution in [0.1, 0.15) is 49.2 Å². The van der Waals surface area contributed by atoms with E-state index in [4.69, 9.17) is 14.7 Å². The van der Waals surface area contributed by atoms with Gasteiger partial charge >= 0.3 is 6.18 Å². The fourth-order valence-electron chi connectivity index (χ4n) is 4.13. The highest BCUT2D eigenvalue weighted by atomic mass is 32.1. The summed E-state index contributed by atoms with van der Waals surface area (Å²) in [4.78, 5) is 23.4. The number of alkyl halides is 3. The summed E-state index contributed by atoms with van der Waals surface area (Å²) >= 11 is 1.39. The molecule has 2 N–H and O–H groups in total. The number of halogens is 3. The number of aromatic nitrogens is 1. The molecule has 0 bridgehead atoms. The first-order valence-corrected chi connectivity index (χ1v) is 14.1. The number of pyridine rings is 1. The Kier molecular flexibility index (Phi) is 10.9. The predicted molar refractivity (Wildman–Crippen MR) is 158 cm³/mol. The number of nitrogens with one attached hydrogen (secondary N) is 1. The summed E-state index contributed by atoms with van der Waals surface area (Å²) in [5.41, 5.74) is 3.35. The van der Waals surface area contributed by atoms with E-state index in [2.05, 4.69) is 33.0 Å². The van der Waals surface area contributed by atoms with Crippen molar-refractivity contribution in [2.75, 3.05) is 43.1 Å². The molecule has 1 amide bonds. The van der Waals surface area contributed by atoms with E-state index in [9.17, 15) is 23.1 Å². The maximum atomic E-state index is 13.2. The van der Waals surface area contributed by atoms with Crippen molar-refractivity contribution in [1.29, 1.82) is 5.26 Å². The first kappa shape index (κ1) is 32.8. The Bertz CT molecular complexity index is 1440. The number of amides is 1. The van der Waals surface area contributed by atoms with Crippen LogP contribution in [0.25, 0.3) is 10.2 Å². The van der Waals surface area contributed by atoms with E-state index in [1.54, 1.807) is 11.4 Å². The predicted octanol–water partition coefficient (Wildman–Crippen LogP) is 5.61. The van der Waals surface area contributed by atoms with Crippen LogP contribution in [0.4, 0.5) is 24.5 Å². The van der Waals surface area contributed by atoms with Crippen LogP contribution in [0.15, 0.2) is 34.8 Å². The van der Waals surface area contributed by atoms with Crippen LogP contribution in [-0.2, 0) is 11.2 Å². The molecule has 5 rings (SSSR count). The van der Waals surface area contributed by atoms with Gasteiger partial charge in [0.05, 0.1) is 52.5 Å². The van der Waals surface area contributed by atoms with Crippen LogP contribution in [0.5, 0.6) is 5.75 Å². The Morgan fingerprint density at radius 2 is 1.98 bits per heavy atom. The van der Waals surface area contributed by atoms with Crippen LogP contribution < -0.4 is 15.0 Å².